The van der Waals surface area contributed by atoms with Crippen LogP contribution in [0.5, 0.6) is 0 Å². The van der Waals surface area contributed by atoms with Gasteiger partial charge in [-0.25, -0.2) is 9.78 Å². The smallest absolute Gasteiger partial charge is 0.410 e. The van der Waals surface area contributed by atoms with Crippen LogP contribution in [0.1, 0.15) is 27.2 Å². The molecule has 8 nitrogen and oxygen atoms in total. The zero-order valence-corrected chi connectivity index (χ0v) is 21.2. The van der Waals surface area contributed by atoms with Gasteiger partial charge in [0.25, 0.3) is 0 Å². The van der Waals surface area contributed by atoms with E-state index in [-0.39, 0.29) is 24.6 Å². The number of hydrogen-bond donors (Lipinski definition) is 0. The lowest BCUT2D eigenvalue weighted by atomic mass is 10.1. The summed E-state index contributed by atoms with van der Waals surface area (Å²) in [5.41, 5.74) is 2.86. The van der Waals surface area contributed by atoms with Crippen LogP contribution in [0, 0.1) is 0 Å². The number of carbonyl (C=O) groups is 2. The third-order valence-electron chi connectivity index (χ3n) is 5.97. The van der Waals surface area contributed by atoms with Crippen LogP contribution in [-0.2, 0) is 16.1 Å². The van der Waals surface area contributed by atoms with E-state index in [1.807, 2.05) is 61.7 Å². The molecule has 0 saturated carbocycles. The zero-order chi connectivity index (χ0) is 25.2. The van der Waals surface area contributed by atoms with Gasteiger partial charge in [-0.05, 0) is 51.5 Å². The van der Waals surface area contributed by atoms with Gasteiger partial charge < -0.3 is 19.1 Å². The molecule has 184 valence electrons. The maximum absolute atomic E-state index is 13.3. The van der Waals surface area contributed by atoms with E-state index in [0.717, 1.165) is 22.5 Å². The molecule has 1 aromatic carbocycles. The lowest BCUT2D eigenvalue weighted by molar-refractivity contribution is -0.132. The van der Waals surface area contributed by atoms with Crippen LogP contribution in [0.4, 0.5) is 4.79 Å². The first-order valence-corrected chi connectivity index (χ1v) is 12.0. The van der Waals surface area contributed by atoms with E-state index in [2.05, 4.69) is 9.97 Å². The fraction of sp³-hybridized carbons (Fsp3) is 0.385. The Morgan fingerprint density at radius 1 is 1.11 bits per heavy atom. The van der Waals surface area contributed by atoms with Crippen LogP contribution in [0.25, 0.3) is 22.5 Å². The number of hydrogen-bond acceptors (Lipinski definition) is 5. The molecular weight excluding hydrogens is 466 g/mol. The van der Waals surface area contributed by atoms with Crippen LogP contribution in [0.3, 0.4) is 0 Å². The normalized spacial score (nSPS) is 15.8. The van der Waals surface area contributed by atoms with Gasteiger partial charge in [-0.3, -0.25) is 9.78 Å². The van der Waals surface area contributed by atoms with E-state index >= 15 is 0 Å². The lowest BCUT2D eigenvalue weighted by Gasteiger charge is -2.27. The van der Waals surface area contributed by atoms with E-state index in [9.17, 15) is 9.59 Å². The van der Waals surface area contributed by atoms with Crippen molar-refractivity contribution < 1.29 is 14.3 Å². The fourth-order valence-electron chi connectivity index (χ4n) is 4.14. The van der Waals surface area contributed by atoms with E-state index in [1.54, 1.807) is 35.6 Å². The molecule has 2 aromatic heterocycles. The Bertz CT molecular complexity index is 1190. The number of benzene rings is 1. The maximum atomic E-state index is 13.3. The summed E-state index contributed by atoms with van der Waals surface area (Å²) in [6.07, 6.45) is 5.49. The van der Waals surface area contributed by atoms with Crippen LogP contribution < -0.4 is 0 Å². The van der Waals surface area contributed by atoms with Gasteiger partial charge in [0.15, 0.2) is 0 Å². The number of carbonyl (C=O) groups excluding carboxylic acids is 2. The third-order valence-corrected chi connectivity index (χ3v) is 6.22. The highest BCUT2D eigenvalue weighted by Gasteiger charge is 2.33. The summed E-state index contributed by atoms with van der Waals surface area (Å²) in [4.78, 5) is 37.9. The predicted molar refractivity (Wildman–Crippen MR) is 135 cm³/mol. The minimum Gasteiger partial charge on any atom is -0.444 e. The van der Waals surface area contributed by atoms with Crippen molar-refractivity contribution in [3.05, 3.63) is 60.1 Å². The largest absolute Gasteiger partial charge is 0.444 e. The molecule has 2 amide bonds. The number of aromatic nitrogens is 3. The molecule has 4 rings (SSSR count). The number of pyridine rings is 1. The Labute approximate surface area is 210 Å². The highest BCUT2D eigenvalue weighted by molar-refractivity contribution is 6.30. The number of likely N-dealkylation sites (N-methyl/N-ethyl adjacent to an activating group) is 1. The standard InChI is InChI=1S/C26H30ClN5O3/c1-26(2,3)35-25(34)31-14-11-21(15-31)30(4)22(33)16-32-17-29-23(18-5-7-20(27)8-6-18)24(32)19-9-12-28-13-10-19/h5-10,12-13,17,21H,11,14-16H2,1-4H3/t21-/m1/s1. The van der Waals surface area contributed by atoms with E-state index in [4.69, 9.17) is 16.3 Å². The van der Waals surface area contributed by atoms with Crippen molar-refractivity contribution in [3.63, 3.8) is 0 Å². The molecule has 3 aromatic rings. The molecule has 1 saturated heterocycles. The summed E-state index contributed by atoms with van der Waals surface area (Å²) in [5, 5.41) is 0.646. The molecular formula is C26H30ClN5O3. The summed E-state index contributed by atoms with van der Waals surface area (Å²) in [6.45, 7) is 6.67. The first kappa shape index (κ1) is 24.7. The lowest BCUT2D eigenvalue weighted by Crippen LogP contribution is -2.42. The van der Waals surface area contributed by atoms with Crippen molar-refractivity contribution in [3.8, 4) is 22.5 Å². The summed E-state index contributed by atoms with van der Waals surface area (Å²) in [5.74, 6) is -0.0589. The minimum absolute atomic E-state index is 0.0589. The molecule has 0 aliphatic carbocycles. The molecule has 1 aliphatic heterocycles. The fourth-order valence-corrected chi connectivity index (χ4v) is 4.27. The number of imidazole rings is 1. The van der Waals surface area contributed by atoms with Crippen molar-refractivity contribution in [1.82, 2.24) is 24.3 Å². The molecule has 3 heterocycles. The average Bonchev–Trinajstić information content (AvgIpc) is 3.46. The van der Waals surface area contributed by atoms with Crippen LogP contribution >= 0.6 is 11.6 Å². The van der Waals surface area contributed by atoms with Gasteiger partial charge in [-0.15, -0.1) is 0 Å². The number of halogens is 1. The highest BCUT2D eigenvalue weighted by atomic mass is 35.5. The third kappa shape index (κ3) is 5.82. The van der Waals surface area contributed by atoms with Crippen molar-refractivity contribution in [2.24, 2.45) is 0 Å². The van der Waals surface area contributed by atoms with Gasteiger partial charge in [0.2, 0.25) is 5.91 Å². The quantitative estimate of drug-likeness (QED) is 0.511. The second kappa shape index (κ2) is 10.1. The van der Waals surface area contributed by atoms with E-state index < -0.39 is 5.60 Å². The minimum atomic E-state index is -0.552. The predicted octanol–water partition coefficient (Wildman–Crippen LogP) is 4.73. The average molecular weight is 496 g/mol. The Morgan fingerprint density at radius 2 is 1.80 bits per heavy atom. The van der Waals surface area contributed by atoms with Crippen LogP contribution in [-0.4, -0.2) is 68.1 Å². The second-order valence-electron chi connectivity index (χ2n) is 9.69. The maximum Gasteiger partial charge on any atom is 0.410 e. The molecule has 35 heavy (non-hydrogen) atoms. The number of amides is 2. The summed E-state index contributed by atoms with van der Waals surface area (Å²) in [6, 6.07) is 11.2. The Balaban J connectivity index is 1.52. The topological polar surface area (TPSA) is 80.6 Å². The van der Waals surface area contributed by atoms with E-state index in [0.29, 0.717) is 24.5 Å². The molecule has 1 atom stereocenters. The second-order valence-corrected chi connectivity index (χ2v) is 10.1. The summed E-state index contributed by atoms with van der Waals surface area (Å²) >= 11 is 6.07. The molecule has 0 unspecified atom stereocenters. The highest BCUT2D eigenvalue weighted by Crippen LogP contribution is 2.32. The van der Waals surface area contributed by atoms with Crippen molar-refractivity contribution in [2.75, 3.05) is 20.1 Å². The number of ether oxygens (including phenoxy) is 1. The molecule has 0 radical (unpaired) electrons. The number of nitrogens with zero attached hydrogens (tertiary/aromatic N) is 5. The van der Waals surface area contributed by atoms with Crippen molar-refractivity contribution in [2.45, 2.75) is 45.4 Å². The number of likely N-dealkylation sites (tertiary alicyclic amines) is 1. The van der Waals surface area contributed by atoms with Gasteiger partial charge in [-0.1, -0.05) is 23.7 Å². The molecule has 9 heteroatoms. The molecule has 0 bridgehead atoms. The molecule has 1 aliphatic rings. The first-order valence-electron chi connectivity index (χ1n) is 11.6. The molecule has 0 spiro atoms. The van der Waals surface area contributed by atoms with Gasteiger partial charge in [0.05, 0.1) is 23.8 Å². The van der Waals surface area contributed by atoms with Gasteiger partial charge >= 0.3 is 6.09 Å². The van der Waals surface area contributed by atoms with Gasteiger partial charge in [0.1, 0.15) is 12.1 Å². The Kier molecular flexibility index (Phi) is 7.12. The van der Waals surface area contributed by atoms with Crippen LogP contribution in [0.2, 0.25) is 5.02 Å². The monoisotopic (exact) mass is 495 g/mol. The molecule has 0 N–H and O–H groups in total. The zero-order valence-electron chi connectivity index (χ0n) is 20.4. The first-order chi connectivity index (χ1) is 16.6. The summed E-state index contributed by atoms with van der Waals surface area (Å²) in [7, 11) is 1.79. The number of rotatable bonds is 5. The van der Waals surface area contributed by atoms with Gasteiger partial charge in [0, 0.05) is 48.7 Å². The van der Waals surface area contributed by atoms with E-state index in [1.165, 1.54) is 0 Å². The van der Waals surface area contributed by atoms with Crippen molar-refractivity contribution in [1.29, 1.82) is 0 Å². The SMILES string of the molecule is CN(C(=O)Cn1cnc(-c2ccc(Cl)cc2)c1-c1ccncc1)[C@@H]1CCN(C(=O)OC(C)(C)C)C1. The Morgan fingerprint density at radius 3 is 2.46 bits per heavy atom. The van der Waals surface area contributed by atoms with Crippen LogP contribution in [0.15, 0.2) is 55.1 Å². The van der Waals surface area contributed by atoms with Gasteiger partial charge in [-0.2, -0.15) is 0 Å². The molecule has 1 fully saturated rings. The van der Waals surface area contributed by atoms with Crippen molar-refractivity contribution >= 4 is 23.6 Å². The summed E-state index contributed by atoms with van der Waals surface area (Å²) < 4.78 is 7.34. The Hall–Kier alpha value is -3.39.